The van der Waals surface area contributed by atoms with Crippen LogP contribution in [0.4, 0.5) is 0 Å². The van der Waals surface area contributed by atoms with Crippen LogP contribution in [-0.4, -0.2) is 41.5 Å². The number of hydrogen-bond acceptors (Lipinski definition) is 4. The van der Waals surface area contributed by atoms with Crippen molar-refractivity contribution in [2.45, 2.75) is 31.9 Å². The monoisotopic (exact) mass is 227 g/mol. The lowest BCUT2D eigenvalue weighted by molar-refractivity contribution is -0.149. The highest BCUT2D eigenvalue weighted by Gasteiger charge is 2.43. The molecule has 2 rings (SSSR count). The van der Waals surface area contributed by atoms with Crippen molar-refractivity contribution in [3.05, 3.63) is 11.3 Å². The fourth-order valence-electron chi connectivity index (χ4n) is 2.62. The van der Waals surface area contributed by atoms with Gasteiger partial charge in [-0.15, -0.1) is 0 Å². The number of morpholine rings is 1. The highest BCUT2D eigenvalue weighted by molar-refractivity contribution is 5.75. The normalized spacial score (nSPS) is 34.7. The van der Waals surface area contributed by atoms with Crippen molar-refractivity contribution in [3.8, 4) is 0 Å². The summed E-state index contributed by atoms with van der Waals surface area (Å²) in [6.45, 7) is 3.10. The summed E-state index contributed by atoms with van der Waals surface area (Å²) in [6, 6.07) is -0.0786. The summed E-state index contributed by atoms with van der Waals surface area (Å²) in [4.78, 5) is 11.3. The average molecular weight is 227 g/mol. The Morgan fingerprint density at radius 3 is 3.00 bits per heavy atom. The van der Waals surface area contributed by atoms with Crippen molar-refractivity contribution in [2.24, 2.45) is 5.92 Å². The van der Waals surface area contributed by atoms with E-state index in [1.807, 2.05) is 6.92 Å². The minimum absolute atomic E-state index is 0.0786. The summed E-state index contributed by atoms with van der Waals surface area (Å²) < 4.78 is 5.55. The Morgan fingerprint density at radius 1 is 1.62 bits per heavy atom. The van der Waals surface area contributed by atoms with E-state index in [2.05, 4.69) is 5.32 Å². The molecule has 2 aliphatic rings. The van der Waals surface area contributed by atoms with Gasteiger partial charge >= 0.3 is 5.97 Å². The molecule has 3 N–H and O–H groups in total. The van der Waals surface area contributed by atoms with Gasteiger partial charge in [0.1, 0.15) is 5.92 Å². The Balaban J connectivity index is 2.33. The lowest BCUT2D eigenvalue weighted by atomic mass is 9.79. The van der Waals surface area contributed by atoms with Crippen molar-refractivity contribution >= 4 is 5.97 Å². The predicted molar refractivity (Wildman–Crippen MR) is 57.2 cm³/mol. The lowest BCUT2D eigenvalue weighted by Crippen LogP contribution is -2.55. The fraction of sp³-hybridized carbons (Fsp3) is 0.727. The maximum Gasteiger partial charge on any atom is 0.313 e. The van der Waals surface area contributed by atoms with Gasteiger partial charge in [0, 0.05) is 19.0 Å². The number of aliphatic hydroxyl groups excluding tert-OH is 1. The molecule has 1 heterocycles. The number of nitrogens with one attached hydrogen (secondary N) is 1. The van der Waals surface area contributed by atoms with Gasteiger partial charge in [0.25, 0.3) is 0 Å². The van der Waals surface area contributed by atoms with E-state index in [1.165, 1.54) is 0 Å². The smallest absolute Gasteiger partial charge is 0.313 e. The topological polar surface area (TPSA) is 78.8 Å². The molecule has 5 nitrogen and oxygen atoms in total. The van der Waals surface area contributed by atoms with Crippen LogP contribution in [-0.2, 0) is 9.53 Å². The molecule has 5 heteroatoms. The zero-order valence-electron chi connectivity index (χ0n) is 9.27. The van der Waals surface area contributed by atoms with Crippen LogP contribution in [0.2, 0.25) is 0 Å². The Bertz CT molecular complexity index is 326. The molecule has 1 aliphatic heterocycles. The first-order valence-corrected chi connectivity index (χ1v) is 5.63. The molecule has 0 aromatic rings. The second-order valence-electron chi connectivity index (χ2n) is 4.24. The van der Waals surface area contributed by atoms with E-state index in [0.717, 1.165) is 0 Å². The van der Waals surface area contributed by atoms with Crippen LogP contribution in [0.1, 0.15) is 19.8 Å². The molecule has 0 bridgehead atoms. The Morgan fingerprint density at radius 2 is 2.38 bits per heavy atom. The summed E-state index contributed by atoms with van der Waals surface area (Å²) in [5.74, 6) is -1.41. The van der Waals surface area contributed by atoms with Crippen LogP contribution in [0.25, 0.3) is 0 Å². The number of carboxylic acid groups (broad SMARTS) is 1. The minimum atomic E-state index is -0.915. The van der Waals surface area contributed by atoms with Crippen molar-refractivity contribution in [1.29, 1.82) is 0 Å². The molecule has 1 saturated heterocycles. The standard InChI is InChI=1S/C11H17NO4/c1-2-6-8(13)5-7-10(9(6)11(14)15)16-4-3-12-7/h7,9-10,12-13H,2-5H2,1H3,(H,14,15). The molecule has 1 fully saturated rings. The summed E-state index contributed by atoms with van der Waals surface area (Å²) >= 11 is 0. The van der Waals surface area contributed by atoms with Gasteiger partial charge in [0.05, 0.1) is 18.5 Å². The van der Waals surface area contributed by atoms with Crippen LogP contribution in [0.5, 0.6) is 0 Å². The molecule has 0 aromatic carbocycles. The molecule has 0 aromatic heterocycles. The van der Waals surface area contributed by atoms with E-state index in [4.69, 9.17) is 4.74 Å². The van der Waals surface area contributed by atoms with Crippen LogP contribution in [0.3, 0.4) is 0 Å². The SMILES string of the molecule is CCC1=C(O)CC2NCCOC2C1C(=O)O. The van der Waals surface area contributed by atoms with Crippen molar-refractivity contribution in [2.75, 3.05) is 13.2 Å². The molecular weight excluding hydrogens is 210 g/mol. The molecule has 3 unspecified atom stereocenters. The minimum Gasteiger partial charge on any atom is -0.512 e. The van der Waals surface area contributed by atoms with E-state index in [9.17, 15) is 15.0 Å². The summed E-state index contributed by atoms with van der Waals surface area (Å²) in [5.41, 5.74) is 0.609. The number of aliphatic carboxylic acids is 1. The van der Waals surface area contributed by atoms with Crippen LogP contribution < -0.4 is 5.32 Å². The van der Waals surface area contributed by atoms with Gasteiger partial charge in [-0.2, -0.15) is 0 Å². The Labute approximate surface area is 94.1 Å². The molecule has 0 amide bonds. The number of fused-ring (bicyclic) bond motifs is 1. The van der Waals surface area contributed by atoms with Crippen molar-refractivity contribution in [1.82, 2.24) is 5.32 Å². The quantitative estimate of drug-likeness (QED) is 0.646. The van der Waals surface area contributed by atoms with Crippen molar-refractivity contribution < 1.29 is 19.7 Å². The first-order valence-electron chi connectivity index (χ1n) is 5.63. The third kappa shape index (κ3) is 1.81. The highest BCUT2D eigenvalue weighted by atomic mass is 16.5. The van der Waals surface area contributed by atoms with E-state index in [0.29, 0.717) is 31.6 Å². The van der Waals surface area contributed by atoms with E-state index in [1.54, 1.807) is 0 Å². The third-order valence-electron chi connectivity index (χ3n) is 3.35. The van der Waals surface area contributed by atoms with Gasteiger partial charge in [0.2, 0.25) is 0 Å². The van der Waals surface area contributed by atoms with Gasteiger partial charge in [-0.3, -0.25) is 4.79 Å². The van der Waals surface area contributed by atoms with Crippen LogP contribution >= 0.6 is 0 Å². The highest BCUT2D eigenvalue weighted by Crippen LogP contribution is 2.34. The van der Waals surface area contributed by atoms with Gasteiger partial charge in [-0.05, 0) is 12.0 Å². The second-order valence-corrected chi connectivity index (χ2v) is 4.24. The summed E-state index contributed by atoms with van der Waals surface area (Å²) in [6.07, 6.45) is 0.671. The number of rotatable bonds is 2. The van der Waals surface area contributed by atoms with E-state index < -0.39 is 11.9 Å². The van der Waals surface area contributed by atoms with Crippen LogP contribution in [0, 0.1) is 5.92 Å². The molecule has 0 saturated carbocycles. The maximum absolute atomic E-state index is 11.3. The van der Waals surface area contributed by atoms with Crippen molar-refractivity contribution in [3.63, 3.8) is 0 Å². The molecule has 1 aliphatic carbocycles. The average Bonchev–Trinajstić information content (AvgIpc) is 2.26. The molecular formula is C11H17NO4. The Kier molecular flexibility index (Phi) is 3.16. The largest absolute Gasteiger partial charge is 0.512 e. The molecule has 0 radical (unpaired) electrons. The van der Waals surface area contributed by atoms with E-state index >= 15 is 0 Å². The molecule has 0 spiro atoms. The second kappa shape index (κ2) is 4.43. The number of ether oxygens (including phenoxy) is 1. The number of hydrogen-bond donors (Lipinski definition) is 3. The summed E-state index contributed by atoms with van der Waals surface area (Å²) in [5, 5.41) is 22.3. The number of aliphatic hydroxyl groups is 1. The third-order valence-corrected chi connectivity index (χ3v) is 3.35. The van der Waals surface area contributed by atoms with Crippen LogP contribution in [0.15, 0.2) is 11.3 Å². The number of carbonyl (C=O) groups is 1. The van der Waals surface area contributed by atoms with E-state index in [-0.39, 0.29) is 17.9 Å². The van der Waals surface area contributed by atoms with Gasteiger partial charge < -0.3 is 20.3 Å². The first-order chi connectivity index (χ1) is 7.65. The Hall–Kier alpha value is -1.07. The maximum atomic E-state index is 11.3. The van der Waals surface area contributed by atoms with Gasteiger partial charge in [-0.1, -0.05) is 6.92 Å². The zero-order valence-corrected chi connectivity index (χ0v) is 9.27. The van der Waals surface area contributed by atoms with Gasteiger partial charge in [-0.25, -0.2) is 0 Å². The predicted octanol–water partition coefficient (Wildman–Crippen LogP) is 0.670. The molecule has 90 valence electrons. The summed E-state index contributed by atoms with van der Waals surface area (Å²) in [7, 11) is 0. The molecule has 16 heavy (non-hydrogen) atoms. The zero-order chi connectivity index (χ0) is 11.7. The molecule has 3 atom stereocenters. The first kappa shape index (κ1) is 11.4. The lowest BCUT2D eigenvalue weighted by Gasteiger charge is -2.40. The number of carboxylic acids is 1. The van der Waals surface area contributed by atoms with Gasteiger partial charge in [0.15, 0.2) is 0 Å². The fourth-order valence-corrected chi connectivity index (χ4v) is 2.62.